The second-order valence-electron chi connectivity index (χ2n) is 4.32. The molecule has 0 heterocycles. The van der Waals surface area contributed by atoms with Crippen molar-refractivity contribution in [3.63, 3.8) is 0 Å². The van der Waals surface area contributed by atoms with Gasteiger partial charge in [0, 0.05) is 7.11 Å². The van der Waals surface area contributed by atoms with Crippen molar-refractivity contribution in [3.8, 4) is 5.75 Å². The zero-order valence-electron chi connectivity index (χ0n) is 11.7. The van der Waals surface area contributed by atoms with Crippen LogP contribution in [0.5, 0.6) is 5.75 Å². The molecule has 0 aliphatic carbocycles. The van der Waals surface area contributed by atoms with E-state index in [-0.39, 0.29) is 18.8 Å². The van der Waals surface area contributed by atoms with Crippen LogP contribution in [0.15, 0.2) is 18.2 Å². The fourth-order valence-electron chi connectivity index (χ4n) is 1.54. The van der Waals surface area contributed by atoms with Crippen LogP contribution >= 0.6 is 0 Å². The minimum Gasteiger partial charge on any atom is -0.491 e. The van der Waals surface area contributed by atoms with Gasteiger partial charge in [-0.15, -0.1) is 0 Å². The van der Waals surface area contributed by atoms with Crippen molar-refractivity contribution in [2.45, 2.75) is 13.0 Å². The van der Waals surface area contributed by atoms with Crippen molar-refractivity contribution in [1.29, 1.82) is 0 Å². The maximum Gasteiger partial charge on any atom is 0.335 e. The van der Waals surface area contributed by atoms with E-state index in [2.05, 4.69) is 0 Å². The molecule has 112 valence electrons. The summed E-state index contributed by atoms with van der Waals surface area (Å²) in [7, 11) is 1.58. The maximum atomic E-state index is 10.8. The fourth-order valence-corrected chi connectivity index (χ4v) is 1.54. The number of aliphatic hydroxyl groups excluding tert-OH is 1. The number of aromatic carboxylic acids is 1. The van der Waals surface area contributed by atoms with Crippen LogP contribution in [0.3, 0.4) is 0 Å². The molecular formula is C14H20O6. The van der Waals surface area contributed by atoms with Gasteiger partial charge in [0.1, 0.15) is 18.5 Å². The van der Waals surface area contributed by atoms with Crippen LogP contribution in [-0.4, -0.2) is 55.8 Å². The summed E-state index contributed by atoms with van der Waals surface area (Å²) in [6.45, 7) is 2.89. The standard InChI is InChI=1S/C14H20O6/c1-10-7-11(14(16)17)3-4-13(10)20-9-12(15)8-19-6-5-18-2/h3-4,7,12,15H,5-6,8-9H2,1-2H3,(H,16,17). The number of rotatable bonds is 9. The molecule has 1 rings (SSSR count). The van der Waals surface area contributed by atoms with E-state index in [1.165, 1.54) is 12.1 Å². The molecule has 1 unspecified atom stereocenters. The summed E-state index contributed by atoms with van der Waals surface area (Å²) in [5.74, 6) is -0.433. The molecule has 6 nitrogen and oxygen atoms in total. The van der Waals surface area contributed by atoms with Crippen molar-refractivity contribution < 1.29 is 29.2 Å². The number of carboxylic acid groups (broad SMARTS) is 1. The molecule has 0 saturated heterocycles. The topological polar surface area (TPSA) is 85.2 Å². The fraction of sp³-hybridized carbons (Fsp3) is 0.500. The largest absolute Gasteiger partial charge is 0.491 e. The zero-order chi connectivity index (χ0) is 15.0. The Balaban J connectivity index is 2.39. The summed E-state index contributed by atoms with van der Waals surface area (Å²) in [5, 5.41) is 18.5. The first-order valence-electron chi connectivity index (χ1n) is 6.26. The quantitative estimate of drug-likeness (QED) is 0.660. The van der Waals surface area contributed by atoms with Gasteiger partial charge >= 0.3 is 5.97 Å². The third-order valence-corrected chi connectivity index (χ3v) is 2.60. The number of carboxylic acids is 1. The summed E-state index contributed by atoms with van der Waals surface area (Å²) in [6.07, 6.45) is -0.745. The van der Waals surface area contributed by atoms with E-state index < -0.39 is 12.1 Å². The van der Waals surface area contributed by atoms with E-state index in [0.717, 1.165) is 0 Å². The number of hydrogen-bond donors (Lipinski definition) is 2. The number of ether oxygens (including phenoxy) is 3. The Morgan fingerprint density at radius 2 is 2.05 bits per heavy atom. The SMILES string of the molecule is COCCOCC(O)COc1ccc(C(=O)O)cc1C. The third-order valence-electron chi connectivity index (χ3n) is 2.60. The van der Waals surface area contributed by atoms with Gasteiger partial charge in [0.05, 0.1) is 25.4 Å². The number of carbonyl (C=O) groups is 1. The first-order valence-corrected chi connectivity index (χ1v) is 6.26. The van der Waals surface area contributed by atoms with Gasteiger partial charge in [-0.3, -0.25) is 0 Å². The molecule has 1 aromatic carbocycles. The van der Waals surface area contributed by atoms with Gasteiger partial charge in [-0.2, -0.15) is 0 Å². The van der Waals surface area contributed by atoms with Crippen molar-refractivity contribution in [2.75, 3.05) is 33.5 Å². The van der Waals surface area contributed by atoms with Crippen molar-refractivity contribution >= 4 is 5.97 Å². The molecule has 0 fully saturated rings. The van der Waals surface area contributed by atoms with Crippen LogP contribution in [0.1, 0.15) is 15.9 Å². The molecule has 1 aromatic rings. The smallest absolute Gasteiger partial charge is 0.335 e. The van der Waals surface area contributed by atoms with Gasteiger partial charge in [-0.1, -0.05) is 0 Å². The average Bonchev–Trinajstić information content (AvgIpc) is 2.42. The highest BCUT2D eigenvalue weighted by Crippen LogP contribution is 2.19. The van der Waals surface area contributed by atoms with Gasteiger partial charge in [0.25, 0.3) is 0 Å². The van der Waals surface area contributed by atoms with Gasteiger partial charge in [-0.25, -0.2) is 4.79 Å². The molecular weight excluding hydrogens is 264 g/mol. The van der Waals surface area contributed by atoms with E-state index in [1.807, 2.05) is 0 Å². The normalized spacial score (nSPS) is 12.2. The zero-order valence-corrected chi connectivity index (χ0v) is 11.7. The predicted molar refractivity (Wildman–Crippen MR) is 72.3 cm³/mol. The minimum atomic E-state index is -0.980. The molecule has 6 heteroatoms. The third kappa shape index (κ3) is 5.56. The van der Waals surface area contributed by atoms with Crippen LogP contribution in [0.2, 0.25) is 0 Å². The van der Waals surface area contributed by atoms with E-state index in [1.54, 1.807) is 20.1 Å². The lowest BCUT2D eigenvalue weighted by Crippen LogP contribution is -2.24. The Kier molecular flexibility index (Phi) is 7.00. The first-order chi connectivity index (χ1) is 9.54. The van der Waals surface area contributed by atoms with Gasteiger partial charge in [0.2, 0.25) is 0 Å². The Morgan fingerprint density at radius 1 is 1.30 bits per heavy atom. The maximum absolute atomic E-state index is 10.8. The first kappa shape index (κ1) is 16.4. The van der Waals surface area contributed by atoms with Crippen LogP contribution in [0, 0.1) is 6.92 Å². The molecule has 0 bridgehead atoms. The molecule has 1 atom stereocenters. The summed E-state index contributed by atoms with van der Waals surface area (Å²) in [4.78, 5) is 10.8. The van der Waals surface area contributed by atoms with Gasteiger partial charge in [-0.05, 0) is 30.7 Å². The summed E-state index contributed by atoms with van der Waals surface area (Å²) < 4.78 is 15.4. The van der Waals surface area contributed by atoms with Crippen LogP contribution in [-0.2, 0) is 9.47 Å². The monoisotopic (exact) mass is 284 g/mol. The predicted octanol–water partition coefficient (Wildman–Crippen LogP) is 1.10. The second-order valence-corrected chi connectivity index (χ2v) is 4.32. The number of methoxy groups -OCH3 is 1. The molecule has 0 aromatic heterocycles. The van der Waals surface area contributed by atoms with Gasteiger partial charge < -0.3 is 24.4 Å². The number of aryl methyl sites for hydroxylation is 1. The van der Waals surface area contributed by atoms with Crippen LogP contribution in [0.25, 0.3) is 0 Å². The van der Waals surface area contributed by atoms with Crippen LogP contribution in [0.4, 0.5) is 0 Å². The highest BCUT2D eigenvalue weighted by Gasteiger charge is 2.09. The van der Waals surface area contributed by atoms with Crippen molar-refractivity contribution in [2.24, 2.45) is 0 Å². The number of hydrogen-bond acceptors (Lipinski definition) is 5. The highest BCUT2D eigenvalue weighted by atomic mass is 16.5. The molecule has 2 N–H and O–H groups in total. The molecule has 20 heavy (non-hydrogen) atoms. The highest BCUT2D eigenvalue weighted by molar-refractivity contribution is 5.88. The Labute approximate surface area is 117 Å². The molecule has 0 spiro atoms. The van der Waals surface area contributed by atoms with E-state index in [4.69, 9.17) is 19.3 Å². The van der Waals surface area contributed by atoms with E-state index in [9.17, 15) is 9.90 Å². The Morgan fingerprint density at radius 3 is 2.65 bits per heavy atom. The van der Waals surface area contributed by atoms with Crippen molar-refractivity contribution in [3.05, 3.63) is 29.3 Å². The molecule has 0 radical (unpaired) electrons. The molecule has 0 amide bonds. The van der Waals surface area contributed by atoms with Crippen molar-refractivity contribution in [1.82, 2.24) is 0 Å². The molecule has 0 aliphatic heterocycles. The summed E-state index contributed by atoms with van der Waals surface area (Å²) in [6, 6.07) is 4.57. The second kappa shape index (κ2) is 8.52. The molecule has 0 saturated carbocycles. The Bertz CT molecular complexity index is 432. The van der Waals surface area contributed by atoms with E-state index in [0.29, 0.717) is 24.5 Å². The number of benzene rings is 1. The average molecular weight is 284 g/mol. The minimum absolute atomic E-state index is 0.0836. The lowest BCUT2D eigenvalue weighted by Gasteiger charge is -2.14. The van der Waals surface area contributed by atoms with E-state index >= 15 is 0 Å². The summed E-state index contributed by atoms with van der Waals surface area (Å²) in [5.41, 5.74) is 0.913. The molecule has 0 aliphatic rings. The Hall–Kier alpha value is -1.63. The summed E-state index contributed by atoms with van der Waals surface area (Å²) >= 11 is 0. The van der Waals surface area contributed by atoms with Gasteiger partial charge in [0.15, 0.2) is 0 Å². The van der Waals surface area contributed by atoms with Crippen LogP contribution < -0.4 is 4.74 Å². The lowest BCUT2D eigenvalue weighted by molar-refractivity contribution is -0.00428. The lowest BCUT2D eigenvalue weighted by atomic mass is 10.1. The number of aliphatic hydroxyl groups is 1.